The summed E-state index contributed by atoms with van der Waals surface area (Å²) in [5, 5.41) is 3.41. The molecule has 0 unspecified atom stereocenters. The molecule has 0 aliphatic rings. The van der Waals surface area contributed by atoms with E-state index in [1.165, 1.54) is 16.7 Å². The Morgan fingerprint density at radius 3 is 2.46 bits per heavy atom. The van der Waals surface area contributed by atoms with Crippen LogP contribution in [0.5, 0.6) is 0 Å². The van der Waals surface area contributed by atoms with Gasteiger partial charge in [-0.1, -0.05) is 11.6 Å². The van der Waals surface area contributed by atoms with Crippen molar-refractivity contribution in [3.63, 3.8) is 0 Å². The molecule has 0 saturated carbocycles. The third kappa shape index (κ3) is 3.11. The Bertz CT molecular complexity index is 1200. The fourth-order valence-electron chi connectivity index (χ4n) is 2.98. The Morgan fingerprint density at radius 2 is 1.75 bits per heavy atom. The van der Waals surface area contributed by atoms with Crippen molar-refractivity contribution in [2.24, 2.45) is 0 Å². The molecule has 0 aliphatic heterocycles. The second kappa shape index (κ2) is 6.72. The smallest absolute Gasteiger partial charge is 0.239 e. The van der Waals surface area contributed by atoms with Gasteiger partial charge in [0.1, 0.15) is 11.6 Å². The molecule has 6 nitrogen and oxygen atoms in total. The highest BCUT2D eigenvalue weighted by atomic mass is 35.5. The number of fused-ring (bicyclic) bond motifs is 1. The molecule has 0 spiro atoms. The number of aromatic nitrogens is 4. The maximum Gasteiger partial charge on any atom is 0.239 e. The fraction of sp³-hybridized carbons (Fsp3) is 0.105. The van der Waals surface area contributed by atoms with Gasteiger partial charge in [0.05, 0.1) is 11.0 Å². The van der Waals surface area contributed by atoms with Crippen LogP contribution in [0.4, 0.5) is 26.1 Å². The van der Waals surface area contributed by atoms with Gasteiger partial charge in [-0.25, -0.2) is 9.37 Å². The normalized spacial score (nSPS) is 11.2. The van der Waals surface area contributed by atoms with E-state index in [1.807, 2.05) is 0 Å². The van der Waals surface area contributed by atoms with E-state index in [1.54, 1.807) is 38.1 Å². The molecule has 4 aromatic rings. The molecule has 2 aromatic heterocycles. The molecular weight excluding hydrogens is 386 g/mol. The number of anilines is 3. The third-order valence-corrected chi connectivity index (χ3v) is 4.51. The molecule has 2 aromatic carbocycles. The van der Waals surface area contributed by atoms with Crippen molar-refractivity contribution in [1.29, 1.82) is 0 Å². The van der Waals surface area contributed by atoms with Crippen molar-refractivity contribution in [3.8, 4) is 5.95 Å². The molecular formula is C19H15ClF2N6. The summed E-state index contributed by atoms with van der Waals surface area (Å²) in [7, 11) is 0. The second-order valence-electron chi connectivity index (χ2n) is 6.29. The molecule has 0 saturated heterocycles. The second-order valence-corrected chi connectivity index (χ2v) is 6.72. The van der Waals surface area contributed by atoms with Crippen LogP contribution in [-0.4, -0.2) is 19.5 Å². The van der Waals surface area contributed by atoms with Gasteiger partial charge in [-0.3, -0.25) is 4.57 Å². The van der Waals surface area contributed by atoms with Gasteiger partial charge in [-0.2, -0.15) is 14.4 Å². The maximum absolute atomic E-state index is 14.5. The quantitative estimate of drug-likeness (QED) is 0.521. The standard InChI is InChI=1S/C19H15ClF2N6/c1-9-7-12(21)8-14-16(9)24-10(2)28(14)19-26-17(23)15(22)18(27-19)25-13-5-3-11(20)4-6-13/h3-8H,1-2H3,(H3,23,25,26,27). The highest BCUT2D eigenvalue weighted by Crippen LogP contribution is 2.27. The highest BCUT2D eigenvalue weighted by molar-refractivity contribution is 6.30. The van der Waals surface area contributed by atoms with Gasteiger partial charge in [0, 0.05) is 16.8 Å². The highest BCUT2D eigenvalue weighted by Gasteiger charge is 2.19. The van der Waals surface area contributed by atoms with Gasteiger partial charge in [0.25, 0.3) is 0 Å². The van der Waals surface area contributed by atoms with Gasteiger partial charge < -0.3 is 11.1 Å². The molecule has 142 valence electrons. The van der Waals surface area contributed by atoms with E-state index < -0.39 is 11.6 Å². The molecule has 9 heteroatoms. The predicted octanol–water partition coefficient (Wildman–Crippen LogP) is 4.69. The van der Waals surface area contributed by atoms with E-state index in [-0.39, 0.29) is 17.6 Å². The van der Waals surface area contributed by atoms with Crippen molar-refractivity contribution < 1.29 is 8.78 Å². The Balaban J connectivity index is 1.87. The summed E-state index contributed by atoms with van der Waals surface area (Å²) in [6.45, 7) is 3.49. The van der Waals surface area contributed by atoms with Gasteiger partial charge in [-0.15, -0.1) is 0 Å². The van der Waals surface area contributed by atoms with E-state index in [0.717, 1.165) is 0 Å². The summed E-state index contributed by atoms with van der Waals surface area (Å²) >= 11 is 5.87. The Kier molecular flexibility index (Phi) is 4.35. The predicted molar refractivity (Wildman–Crippen MR) is 105 cm³/mol. The number of benzene rings is 2. The minimum absolute atomic E-state index is 0.0837. The summed E-state index contributed by atoms with van der Waals surface area (Å²) < 4.78 is 30.0. The van der Waals surface area contributed by atoms with Crippen LogP contribution in [0.25, 0.3) is 17.0 Å². The van der Waals surface area contributed by atoms with Crippen LogP contribution in [0.3, 0.4) is 0 Å². The van der Waals surface area contributed by atoms with Crippen molar-refractivity contribution in [1.82, 2.24) is 19.5 Å². The Morgan fingerprint density at radius 1 is 1.04 bits per heavy atom. The lowest BCUT2D eigenvalue weighted by atomic mass is 10.2. The van der Waals surface area contributed by atoms with Gasteiger partial charge in [0.2, 0.25) is 11.8 Å². The number of halogens is 3. The Hall–Kier alpha value is -3.26. The topological polar surface area (TPSA) is 81.7 Å². The average molecular weight is 401 g/mol. The van der Waals surface area contributed by atoms with E-state index in [9.17, 15) is 8.78 Å². The first-order valence-corrected chi connectivity index (χ1v) is 8.72. The SMILES string of the molecule is Cc1cc(F)cc2c1nc(C)n2-c1nc(N)c(F)c(Nc2ccc(Cl)cc2)n1. The number of rotatable bonds is 3. The molecule has 4 rings (SSSR count). The number of nitrogens with one attached hydrogen (secondary N) is 1. The van der Waals surface area contributed by atoms with Gasteiger partial charge in [-0.05, 0) is 49.7 Å². The number of hydrogen-bond donors (Lipinski definition) is 2. The largest absolute Gasteiger partial charge is 0.381 e. The first kappa shape index (κ1) is 18.1. The monoisotopic (exact) mass is 400 g/mol. The molecule has 0 atom stereocenters. The van der Waals surface area contributed by atoms with Crippen molar-refractivity contribution >= 4 is 40.0 Å². The van der Waals surface area contributed by atoms with E-state index in [0.29, 0.717) is 33.1 Å². The lowest BCUT2D eigenvalue weighted by molar-refractivity contribution is 0.621. The molecule has 28 heavy (non-hydrogen) atoms. The lowest BCUT2D eigenvalue weighted by Crippen LogP contribution is -2.10. The van der Waals surface area contributed by atoms with Crippen molar-refractivity contribution in [2.45, 2.75) is 13.8 Å². The van der Waals surface area contributed by atoms with Crippen LogP contribution in [0.1, 0.15) is 11.4 Å². The summed E-state index contributed by atoms with van der Waals surface area (Å²) in [5.41, 5.74) is 8.09. The first-order chi connectivity index (χ1) is 13.3. The van der Waals surface area contributed by atoms with Crippen LogP contribution in [-0.2, 0) is 0 Å². The number of hydrogen-bond acceptors (Lipinski definition) is 5. The van der Waals surface area contributed by atoms with Gasteiger partial charge >= 0.3 is 0 Å². The van der Waals surface area contributed by atoms with Crippen LogP contribution >= 0.6 is 11.6 Å². The molecule has 3 N–H and O–H groups in total. The number of imidazole rings is 1. The van der Waals surface area contributed by atoms with E-state index in [4.69, 9.17) is 17.3 Å². The lowest BCUT2D eigenvalue weighted by Gasteiger charge is -2.12. The fourth-order valence-corrected chi connectivity index (χ4v) is 3.10. The zero-order valence-electron chi connectivity index (χ0n) is 15.0. The number of nitrogens with two attached hydrogens (primary N) is 1. The number of nitrogens with zero attached hydrogens (tertiary/aromatic N) is 4. The van der Waals surface area contributed by atoms with Crippen LogP contribution in [0, 0.1) is 25.5 Å². The molecule has 0 fully saturated rings. The minimum Gasteiger partial charge on any atom is -0.381 e. The van der Waals surface area contributed by atoms with Crippen LogP contribution in [0.15, 0.2) is 36.4 Å². The molecule has 0 bridgehead atoms. The Labute approximate surface area is 164 Å². The maximum atomic E-state index is 14.5. The van der Waals surface area contributed by atoms with Crippen molar-refractivity contribution in [3.05, 3.63) is 64.4 Å². The molecule has 0 radical (unpaired) electrons. The minimum atomic E-state index is -0.789. The van der Waals surface area contributed by atoms with Crippen molar-refractivity contribution in [2.75, 3.05) is 11.1 Å². The van der Waals surface area contributed by atoms with E-state index in [2.05, 4.69) is 20.3 Å². The average Bonchev–Trinajstić information content (AvgIpc) is 2.97. The number of nitrogen functional groups attached to an aromatic ring is 1. The summed E-state index contributed by atoms with van der Waals surface area (Å²) in [6, 6.07) is 9.40. The molecule has 0 amide bonds. The van der Waals surface area contributed by atoms with Gasteiger partial charge in [0.15, 0.2) is 11.6 Å². The molecule has 2 heterocycles. The summed E-state index contributed by atoms with van der Waals surface area (Å²) in [4.78, 5) is 12.7. The zero-order valence-corrected chi connectivity index (χ0v) is 15.7. The van der Waals surface area contributed by atoms with Crippen LogP contribution in [0.2, 0.25) is 5.02 Å². The molecule has 0 aliphatic carbocycles. The zero-order chi connectivity index (χ0) is 20.0. The first-order valence-electron chi connectivity index (χ1n) is 8.34. The number of aryl methyl sites for hydroxylation is 2. The summed E-state index contributed by atoms with van der Waals surface area (Å²) in [6.07, 6.45) is 0. The van der Waals surface area contributed by atoms with Crippen LogP contribution < -0.4 is 11.1 Å². The third-order valence-electron chi connectivity index (χ3n) is 4.26. The summed E-state index contributed by atoms with van der Waals surface area (Å²) in [5.74, 6) is -1.05. The van der Waals surface area contributed by atoms with E-state index >= 15 is 0 Å².